The van der Waals surface area contributed by atoms with E-state index in [9.17, 15) is 27.9 Å². The summed E-state index contributed by atoms with van der Waals surface area (Å²) in [6.45, 7) is 4.44. The van der Waals surface area contributed by atoms with Crippen molar-refractivity contribution in [2.45, 2.75) is 62.9 Å². The van der Waals surface area contributed by atoms with Gasteiger partial charge in [0.1, 0.15) is 5.60 Å². The number of nitrogens with zero attached hydrogens (tertiary/aromatic N) is 2. The van der Waals surface area contributed by atoms with Gasteiger partial charge in [0.05, 0.1) is 12.5 Å². The minimum atomic E-state index is -4.36. The molecule has 4 rings (SSSR count). The van der Waals surface area contributed by atoms with Crippen molar-refractivity contribution in [1.82, 2.24) is 15.1 Å². The van der Waals surface area contributed by atoms with Crippen molar-refractivity contribution in [3.63, 3.8) is 0 Å². The van der Waals surface area contributed by atoms with Crippen LogP contribution in [0.4, 0.5) is 22.8 Å². The van der Waals surface area contributed by atoms with Gasteiger partial charge in [-0.25, -0.2) is 9.59 Å². The quantitative estimate of drug-likeness (QED) is 0.738. The van der Waals surface area contributed by atoms with Crippen LogP contribution in [0.2, 0.25) is 0 Å². The molecule has 4 atom stereocenters. The maximum atomic E-state index is 12.9. The summed E-state index contributed by atoms with van der Waals surface area (Å²) in [4.78, 5) is 26.6. The van der Waals surface area contributed by atoms with E-state index in [0.717, 1.165) is 12.8 Å². The number of halogens is 3. The molecule has 10 heteroatoms. The molecule has 1 aliphatic carbocycles. The van der Waals surface area contributed by atoms with E-state index in [0.29, 0.717) is 51.0 Å². The minimum Gasteiger partial charge on any atom is -0.465 e. The molecule has 0 aromatic heterocycles. The lowest BCUT2D eigenvalue weighted by Crippen LogP contribution is -2.63. The Balaban J connectivity index is 1.36. The zero-order chi connectivity index (χ0) is 20.3. The average molecular weight is 405 g/mol. The van der Waals surface area contributed by atoms with Crippen LogP contribution in [0.5, 0.6) is 0 Å². The predicted molar refractivity (Wildman–Crippen MR) is 91.8 cm³/mol. The number of piperidine rings is 1. The summed E-state index contributed by atoms with van der Waals surface area (Å²) in [5.74, 6) is 0.334. The highest BCUT2D eigenvalue weighted by Crippen LogP contribution is 2.55. The normalized spacial score (nSPS) is 37.8. The van der Waals surface area contributed by atoms with Crippen LogP contribution in [0.15, 0.2) is 0 Å². The van der Waals surface area contributed by atoms with Crippen LogP contribution in [0.3, 0.4) is 0 Å². The zero-order valence-corrected chi connectivity index (χ0v) is 15.8. The molecule has 3 heterocycles. The first-order valence-corrected chi connectivity index (χ1v) is 9.82. The fourth-order valence-corrected chi connectivity index (χ4v) is 5.78. The van der Waals surface area contributed by atoms with Crippen LogP contribution in [-0.4, -0.2) is 77.1 Å². The summed E-state index contributed by atoms with van der Waals surface area (Å²) in [5, 5.41) is 11.5. The zero-order valence-electron chi connectivity index (χ0n) is 15.8. The first-order chi connectivity index (χ1) is 13.0. The van der Waals surface area contributed by atoms with Gasteiger partial charge < -0.3 is 20.1 Å². The molecule has 7 nitrogen and oxygen atoms in total. The van der Waals surface area contributed by atoms with E-state index in [-0.39, 0.29) is 5.41 Å². The molecule has 4 aliphatic rings. The number of carboxylic acid groups (broad SMARTS) is 1. The number of carbonyl (C=O) groups excluding carboxylic acids is 1. The molecule has 0 bridgehead atoms. The number of amides is 2. The van der Waals surface area contributed by atoms with Gasteiger partial charge in [-0.3, -0.25) is 4.90 Å². The van der Waals surface area contributed by atoms with Gasteiger partial charge in [-0.15, -0.1) is 0 Å². The molecule has 28 heavy (non-hydrogen) atoms. The van der Waals surface area contributed by atoms with Crippen molar-refractivity contribution in [3.05, 3.63) is 0 Å². The number of carbonyl (C=O) groups is 2. The van der Waals surface area contributed by atoms with Gasteiger partial charge in [-0.2, -0.15) is 13.2 Å². The Hall–Kier alpha value is -1.71. The topological polar surface area (TPSA) is 82.1 Å². The van der Waals surface area contributed by atoms with Crippen LogP contribution in [0, 0.1) is 11.3 Å². The number of ether oxygens (including phenoxy) is 1. The van der Waals surface area contributed by atoms with Crippen molar-refractivity contribution in [2.24, 2.45) is 11.3 Å². The van der Waals surface area contributed by atoms with Gasteiger partial charge in [0.25, 0.3) is 0 Å². The third-order valence-corrected chi connectivity index (χ3v) is 7.59. The van der Waals surface area contributed by atoms with E-state index < -0.39 is 36.4 Å². The molecule has 1 saturated carbocycles. The average Bonchev–Trinajstić information content (AvgIpc) is 3.17. The Bertz CT molecular complexity index is 665. The molecule has 0 aromatic rings. The summed E-state index contributed by atoms with van der Waals surface area (Å²) in [6, 6.07) is -0.733. The smallest absolute Gasteiger partial charge is 0.408 e. The van der Waals surface area contributed by atoms with E-state index in [1.807, 2.05) is 0 Å². The molecule has 2 amide bonds. The maximum absolute atomic E-state index is 12.9. The standard InChI is InChI=1S/C18H26F3N3O4/c1-11-12(8-16(11)2-5-24(10-16)15(26)27)23-6-3-17(4-7-23)13(9-18(19,20)21)22-14(25)28-17/h11-13H,2-10H2,1H3,(H,22,25)(H,26,27). The number of alkyl carbamates (subject to hydrolysis) is 1. The highest BCUT2D eigenvalue weighted by atomic mass is 19.4. The second kappa shape index (κ2) is 6.40. The Kier molecular flexibility index (Phi) is 4.48. The number of likely N-dealkylation sites (tertiary alicyclic amines) is 2. The van der Waals surface area contributed by atoms with Crippen molar-refractivity contribution in [3.8, 4) is 0 Å². The van der Waals surface area contributed by atoms with Crippen molar-refractivity contribution >= 4 is 12.2 Å². The molecule has 4 fully saturated rings. The van der Waals surface area contributed by atoms with Crippen molar-refractivity contribution in [2.75, 3.05) is 26.2 Å². The third-order valence-electron chi connectivity index (χ3n) is 7.59. The monoisotopic (exact) mass is 405 g/mol. The highest BCUT2D eigenvalue weighted by Gasteiger charge is 2.59. The van der Waals surface area contributed by atoms with E-state index in [1.165, 1.54) is 4.90 Å². The van der Waals surface area contributed by atoms with Crippen molar-refractivity contribution in [1.29, 1.82) is 0 Å². The van der Waals surface area contributed by atoms with Gasteiger partial charge in [-0.1, -0.05) is 6.92 Å². The number of rotatable bonds is 2. The number of alkyl halides is 3. The fraction of sp³-hybridized carbons (Fsp3) is 0.889. The fourth-order valence-electron chi connectivity index (χ4n) is 5.78. The second-order valence-corrected chi connectivity index (χ2v) is 8.88. The van der Waals surface area contributed by atoms with Gasteiger partial charge >= 0.3 is 18.4 Å². The Morgan fingerprint density at radius 2 is 1.96 bits per heavy atom. The lowest BCUT2D eigenvalue weighted by Gasteiger charge is -2.57. The summed E-state index contributed by atoms with van der Waals surface area (Å²) in [7, 11) is 0. The number of nitrogens with one attached hydrogen (secondary N) is 1. The minimum absolute atomic E-state index is 0.0262. The molecule has 2 N–H and O–H groups in total. The Morgan fingerprint density at radius 3 is 2.50 bits per heavy atom. The molecule has 2 spiro atoms. The van der Waals surface area contributed by atoms with Gasteiger partial charge in [0, 0.05) is 45.1 Å². The van der Waals surface area contributed by atoms with E-state index in [1.54, 1.807) is 0 Å². The number of hydrogen-bond donors (Lipinski definition) is 2. The molecular weight excluding hydrogens is 379 g/mol. The maximum Gasteiger partial charge on any atom is 0.408 e. The highest BCUT2D eigenvalue weighted by molar-refractivity contribution is 5.71. The first-order valence-electron chi connectivity index (χ1n) is 9.82. The lowest BCUT2D eigenvalue weighted by molar-refractivity contribution is -0.154. The van der Waals surface area contributed by atoms with E-state index >= 15 is 0 Å². The second-order valence-electron chi connectivity index (χ2n) is 8.88. The largest absolute Gasteiger partial charge is 0.465 e. The molecule has 158 valence electrons. The summed E-state index contributed by atoms with van der Waals surface area (Å²) in [6.07, 6.45) is -4.54. The van der Waals surface area contributed by atoms with Crippen LogP contribution < -0.4 is 5.32 Å². The Morgan fingerprint density at radius 1 is 1.29 bits per heavy atom. The summed E-state index contributed by atoms with van der Waals surface area (Å²) < 4.78 is 44.0. The third kappa shape index (κ3) is 3.19. The van der Waals surface area contributed by atoms with Crippen LogP contribution >= 0.6 is 0 Å². The van der Waals surface area contributed by atoms with Crippen LogP contribution in [0.1, 0.15) is 39.0 Å². The molecule has 0 aromatic carbocycles. The van der Waals surface area contributed by atoms with Crippen LogP contribution in [0.25, 0.3) is 0 Å². The summed E-state index contributed by atoms with van der Waals surface area (Å²) >= 11 is 0. The molecule has 0 radical (unpaired) electrons. The van der Waals surface area contributed by atoms with E-state index in [2.05, 4.69) is 17.1 Å². The van der Waals surface area contributed by atoms with Crippen LogP contribution in [-0.2, 0) is 4.74 Å². The van der Waals surface area contributed by atoms with Gasteiger partial charge in [0.15, 0.2) is 0 Å². The molecule has 3 saturated heterocycles. The van der Waals surface area contributed by atoms with Gasteiger partial charge in [-0.05, 0) is 24.2 Å². The first kappa shape index (κ1) is 19.6. The number of hydrogen-bond acceptors (Lipinski definition) is 4. The van der Waals surface area contributed by atoms with E-state index in [4.69, 9.17) is 4.74 Å². The Labute approximate surface area is 161 Å². The SMILES string of the molecule is CC1C(N2CCC3(CC2)OC(=O)NC3CC(F)(F)F)CC12CCN(C(=O)O)C2. The lowest BCUT2D eigenvalue weighted by atomic mass is 9.56. The van der Waals surface area contributed by atoms with Gasteiger partial charge in [0.2, 0.25) is 0 Å². The summed E-state index contributed by atoms with van der Waals surface area (Å²) in [5.41, 5.74) is -1.06. The van der Waals surface area contributed by atoms with Crippen molar-refractivity contribution < 1.29 is 32.6 Å². The molecule has 3 aliphatic heterocycles. The molecule has 4 unspecified atom stereocenters. The predicted octanol–water partition coefficient (Wildman–Crippen LogP) is 2.66. The molecular formula is C18H26F3N3O4.